The van der Waals surface area contributed by atoms with Gasteiger partial charge in [-0.1, -0.05) is 6.07 Å². The number of benzene rings is 2. The molecule has 0 unspecified atom stereocenters. The van der Waals surface area contributed by atoms with E-state index in [9.17, 15) is 19.7 Å². The van der Waals surface area contributed by atoms with Crippen molar-refractivity contribution in [3.8, 4) is 0 Å². The number of carbonyl (C=O) groups is 2. The van der Waals surface area contributed by atoms with Gasteiger partial charge in [0.1, 0.15) is 0 Å². The predicted octanol–water partition coefficient (Wildman–Crippen LogP) is 2.14. The van der Waals surface area contributed by atoms with E-state index in [0.29, 0.717) is 0 Å². The number of nitro groups is 1. The number of non-ortho nitro benzene ring substituents is 1. The Bertz CT molecular complexity index is 701. The van der Waals surface area contributed by atoms with Crippen LogP contribution in [0.1, 0.15) is 20.7 Å². The SMILES string of the molecule is O=C(O)c1cccc2c([N+](=O)[O-])ccc(C(=O)O)c12. The van der Waals surface area contributed by atoms with E-state index in [2.05, 4.69) is 0 Å². The molecule has 0 heterocycles. The van der Waals surface area contributed by atoms with Gasteiger partial charge in [0, 0.05) is 11.5 Å². The number of hydrogen-bond acceptors (Lipinski definition) is 4. The lowest BCUT2D eigenvalue weighted by Gasteiger charge is -2.06. The van der Waals surface area contributed by atoms with Crippen molar-refractivity contribution in [1.82, 2.24) is 0 Å². The fourth-order valence-corrected chi connectivity index (χ4v) is 1.91. The largest absolute Gasteiger partial charge is 0.478 e. The van der Waals surface area contributed by atoms with Crippen LogP contribution in [0.2, 0.25) is 0 Å². The number of carboxylic acid groups (broad SMARTS) is 2. The Labute approximate surface area is 105 Å². The summed E-state index contributed by atoms with van der Waals surface area (Å²) in [5.41, 5.74) is -0.889. The average Bonchev–Trinajstić information content (AvgIpc) is 2.35. The molecule has 19 heavy (non-hydrogen) atoms. The highest BCUT2D eigenvalue weighted by Gasteiger charge is 2.22. The van der Waals surface area contributed by atoms with Gasteiger partial charge in [-0.05, 0) is 18.2 Å². The van der Waals surface area contributed by atoms with Gasteiger partial charge >= 0.3 is 11.9 Å². The molecule has 0 saturated heterocycles. The molecule has 2 N–H and O–H groups in total. The minimum absolute atomic E-state index is 0.00944. The summed E-state index contributed by atoms with van der Waals surface area (Å²) in [7, 11) is 0. The Balaban J connectivity index is 3.01. The van der Waals surface area contributed by atoms with E-state index in [0.717, 1.165) is 12.1 Å². The first-order valence-electron chi connectivity index (χ1n) is 5.10. The third-order valence-electron chi connectivity index (χ3n) is 2.68. The summed E-state index contributed by atoms with van der Waals surface area (Å²) in [4.78, 5) is 32.4. The van der Waals surface area contributed by atoms with Gasteiger partial charge in [0.2, 0.25) is 0 Å². The highest BCUT2D eigenvalue weighted by molar-refractivity contribution is 6.14. The molecule has 0 aliphatic rings. The lowest BCUT2D eigenvalue weighted by molar-refractivity contribution is -0.383. The molecule has 7 nitrogen and oxygen atoms in total. The standard InChI is InChI=1S/C12H7NO6/c14-11(15)7-3-1-2-6-9(13(18)19)5-4-8(10(6)7)12(16)17/h1-5H,(H,14,15)(H,16,17). The summed E-state index contributed by atoms with van der Waals surface area (Å²) in [6.45, 7) is 0. The summed E-state index contributed by atoms with van der Waals surface area (Å²) in [5.74, 6) is -2.68. The van der Waals surface area contributed by atoms with Crippen LogP contribution in [0.4, 0.5) is 5.69 Å². The molecule has 2 rings (SSSR count). The molecule has 0 fully saturated rings. The molecule has 0 aliphatic heterocycles. The Kier molecular flexibility index (Phi) is 2.88. The van der Waals surface area contributed by atoms with Crippen LogP contribution in [0.3, 0.4) is 0 Å². The third kappa shape index (κ3) is 1.97. The zero-order valence-electron chi connectivity index (χ0n) is 9.36. The lowest BCUT2D eigenvalue weighted by atomic mass is 9.98. The van der Waals surface area contributed by atoms with Crippen LogP contribution in [-0.4, -0.2) is 27.1 Å². The number of rotatable bonds is 3. The van der Waals surface area contributed by atoms with Crippen molar-refractivity contribution in [3.63, 3.8) is 0 Å². The van der Waals surface area contributed by atoms with Crippen molar-refractivity contribution < 1.29 is 24.7 Å². The first-order chi connectivity index (χ1) is 8.93. The van der Waals surface area contributed by atoms with Crippen molar-refractivity contribution >= 4 is 28.4 Å². The Morgan fingerprint density at radius 3 is 2.11 bits per heavy atom. The lowest BCUT2D eigenvalue weighted by Crippen LogP contribution is -2.05. The number of fused-ring (bicyclic) bond motifs is 1. The van der Waals surface area contributed by atoms with Gasteiger partial charge in [0.25, 0.3) is 5.69 Å². The second-order valence-corrected chi connectivity index (χ2v) is 3.73. The van der Waals surface area contributed by atoms with Crippen LogP contribution in [0, 0.1) is 10.1 Å². The maximum Gasteiger partial charge on any atom is 0.336 e. The van der Waals surface area contributed by atoms with Gasteiger partial charge in [-0.15, -0.1) is 0 Å². The zero-order chi connectivity index (χ0) is 14.2. The normalized spacial score (nSPS) is 10.3. The van der Waals surface area contributed by atoms with Crippen LogP contribution >= 0.6 is 0 Å². The first-order valence-corrected chi connectivity index (χ1v) is 5.10. The number of aromatic carboxylic acids is 2. The molecule has 96 valence electrons. The fraction of sp³-hybridized carbons (Fsp3) is 0. The van der Waals surface area contributed by atoms with Crippen LogP contribution in [0.15, 0.2) is 30.3 Å². The molecule has 2 aromatic rings. The molecule has 0 saturated carbocycles. The van der Waals surface area contributed by atoms with Crippen molar-refractivity contribution in [2.75, 3.05) is 0 Å². The maximum absolute atomic E-state index is 11.1. The van der Waals surface area contributed by atoms with E-state index in [1.807, 2.05) is 0 Å². The predicted molar refractivity (Wildman–Crippen MR) is 64.5 cm³/mol. The van der Waals surface area contributed by atoms with Gasteiger partial charge in [-0.25, -0.2) is 9.59 Å². The molecule has 0 amide bonds. The summed E-state index contributed by atoms with van der Waals surface area (Å²) in [6.07, 6.45) is 0. The average molecular weight is 261 g/mol. The third-order valence-corrected chi connectivity index (χ3v) is 2.68. The van der Waals surface area contributed by atoms with E-state index in [1.165, 1.54) is 18.2 Å². The Morgan fingerprint density at radius 1 is 1.00 bits per heavy atom. The van der Waals surface area contributed by atoms with E-state index >= 15 is 0 Å². The number of nitrogens with zero attached hydrogens (tertiary/aromatic N) is 1. The van der Waals surface area contributed by atoms with Gasteiger partial charge in [-0.3, -0.25) is 10.1 Å². The molecule has 0 bridgehead atoms. The van der Waals surface area contributed by atoms with Crippen molar-refractivity contribution in [3.05, 3.63) is 51.6 Å². The van der Waals surface area contributed by atoms with Crippen LogP contribution in [0.25, 0.3) is 10.8 Å². The molecular formula is C12H7NO6. The molecular weight excluding hydrogens is 254 g/mol. The second-order valence-electron chi connectivity index (χ2n) is 3.73. The van der Waals surface area contributed by atoms with E-state index in [-0.39, 0.29) is 27.6 Å². The van der Waals surface area contributed by atoms with Crippen LogP contribution in [0.5, 0.6) is 0 Å². The monoisotopic (exact) mass is 261 g/mol. The van der Waals surface area contributed by atoms with Crippen molar-refractivity contribution in [2.24, 2.45) is 0 Å². The summed E-state index contributed by atoms with van der Waals surface area (Å²) in [6, 6.07) is 5.96. The van der Waals surface area contributed by atoms with Gasteiger partial charge < -0.3 is 10.2 Å². The van der Waals surface area contributed by atoms with Gasteiger partial charge in [-0.2, -0.15) is 0 Å². The number of hydrogen-bond donors (Lipinski definition) is 2. The Morgan fingerprint density at radius 2 is 1.58 bits per heavy atom. The highest BCUT2D eigenvalue weighted by atomic mass is 16.6. The quantitative estimate of drug-likeness (QED) is 0.645. The second kappa shape index (κ2) is 4.37. The summed E-state index contributed by atoms with van der Waals surface area (Å²) < 4.78 is 0. The van der Waals surface area contributed by atoms with Crippen molar-refractivity contribution in [1.29, 1.82) is 0 Å². The smallest absolute Gasteiger partial charge is 0.336 e. The Hall–Kier alpha value is -2.96. The van der Waals surface area contributed by atoms with Gasteiger partial charge in [0.15, 0.2) is 0 Å². The molecule has 0 aromatic heterocycles. The van der Waals surface area contributed by atoms with Crippen LogP contribution < -0.4 is 0 Å². The maximum atomic E-state index is 11.1. The summed E-state index contributed by atoms with van der Waals surface area (Å²) >= 11 is 0. The highest BCUT2D eigenvalue weighted by Crippen LogP contribution is 2.31. The molecule has 0 spiro atoms. The minimum Gasteiger partial charge on any atom is -0.478 e. The van der Waals surface area contributed by atoms with Gasteiger partial charge in [0.05, 0.1) is 21.4 Å². The molecule has 0 radical (unpaired) electrons. The first kappa shape index (κ1) is 12.5. The number of nitro benzene ring substituents is 1. The fourth-order valence-electron chi connectivity index (χ4n) is 1.91. The van der Waals surface area contributed by atoms with E-state index in [1.54, 1.807) is 0 Å². The topological polar surface area (TPSA) is 118 Å². The molecule has 0 atom stereocenters. The minimum atomic E-state index is -1.34. The zero-order valence-corrected chi connectivity index (χ0v) is 9.36. The van der Waals surface area contributed by atoms with E-state index in [4.69, 9.17) is 10.2 Å². The van der Waals surface area contributed by atoms with E-state index < -0.39 is 16.9 Å². The van der Waals surface area contributed by atoms with Crippen LogP contribution in [-0.2, 0) is 0 Å². The molecule has 0 aliphatic carbocycles. The number of carboxylic acids is 2. The summed E-state index contributed by atoms with van der Waals surface area (Å²) in [5, 5.41) is 28.8. The molecule has 7 heteroatoms. The molecule has 2 aromatic carbocycles. The van der Waals surface area contributed by atoms with Crippen molar-refractivity contribution in [2.45, 2.75) is 0 Å².